The van der Waals surface area contributed by atoms with Gasteiger partial charge in [-0.3, -0.25) is 4.98 Å². The molecule has 8 fully saturated rings. The topological polar surface area (TPSA) is 315 Å². The summed E-state index contributed by atoms with van der Waals surface area (Å²) in [6, 6.07) is 24.3. The van der Waals surface area contributed by atoms with Crippen LogP contribution in [0.5, 0.6) is 23.1 Å². The van der Waals surface area contributed by atoms with Crippen LogP contribution in [0.1, 0.15) is 148 Å². The third-order valence-corrected chi connectivity index (χ3v) is 27.1. The zero-order valence-electron chi connectivity index (χ0n) is 77.6. The van der Waals surface area contributed by atoms with Crippen molar-refractivity contribution in [3.63, 3.8) is 0 Å². The molecule has 0 bridgehead atoms. The Morgan fingerprint density at radius 2 is 0.647 bits per heavy atom. The highest BCUT2D eigenvalue weighted by molar-refractivity contribution is 5.96. The summed E-state index contributed by atoms with van der Waals surface area (Å²) in [6.45, 7) is 7.79. The molecule has 38 heteroatoms. The molecule has 4 saturated heterocycles. The summed E-state index contributed by atoms with van der Waals surface area (Å²) in [5, 5.41) is 39.4. The number of halogens is 8. The SMILES string of the molecule is COc1cccnc1C1CCN(c2nc(C3(F)CC3)nc3c(F)cc(N(C)CCO)cc23)CC1.COc1cccnc1N1CCN(c2nc(C3(F)CC3)nc3c(F)cc(N(C)CCO)cc23)CC1.COc1cncnc1C1CCN(c2nc(C3(F)CC3)nc3c(F)cc(N(C)CCO)cc23)CC1.COc1ncccc1C1CCN(c2nc(C3(F)CC3)nc3c(F)cc(N(C)CCO)cc23)CC1. The van der Waals surface area contributed by atoms with Crippen molar-refractivity contribution in [2.24, 2.45) is 0 Å². The van der Waals surface area contributed by atoms with Crippen LogP contribution < -0.4 is 63.0 Å². The number of hydrogen-bond acceptors (Lipinski definition) is 30. The number of rotatable bonds is 28. The molecule has 8 aliphatic rings. The standard InChI is InChI=1S/2C25H29F2N5O2.2C24H28F2N6O2/c1-31(12-13-33)17-14-18-22(19(26)15-17)29-24(25(27)7-8-25)30-23(18)32-10-5-16(6-11-32)21-20(34-2)4-3-9-28-21;1-31(12-13-33)17-14-19-21(20(26)15-17)29-24(25(27)7-8-25)30-22(19)32-10-5-16(6-11-32)18-4-3-9-28-23(18)34-2;1-31(9-10-33)16-11-17-21(18(25)12-16)29-23(24(26)5-6-24)30-22(17)32-7-3-15(4-8-32)20-19(34-2)13-27-14-28-20;1-30(12-13-33)16-14-17-20(18(25)15-16)28-23(24(26)5-6-24)29-21(17)31-8-10-32(11-9-31)22-19(34-2)4-3-7-27-22/h2*3-4,9,14-16,33H,5-8,10-13H2,1-2H3;11-15,33H,3-10H2,1-2H3;3-4,7,14-15,33H,5-6,8-13H2,1-2H3. The molecule has 20 rings (SSSR count). The van der Waals surface area contributed by atoms with Gasteiger partial charge in [0, 0.05) is 200 Å². The summed E-state index contributed by atoms with van der Waals surface area (Å²) in [5.41, 5.74) is -0.403. The number of benzene rings is 4. The number of pyridine rings is 3. The Bertz CT molecular complexity index is 5530. The van der Waals surface area contributed by atoms with E-state index >= 15 is 17.6 Å². The Morgan fingerprint density at radius 3 is 0.978 bits per heavy atom. The highest BCUT2D eigenvalue weighted by Crippen LogP contribution is 2.54. The smallest absolute Gasteiger partial charge is 0.216 e. The number of alkyl halides is 4. The number of fused-ring (bicyclic) bond motifs is 4. The molecule has 4 aliphatic carbocycles. The van der Waals surface area contributed by atoms with Gasteiger partial charge in [-0.15, -0.1) is 0 Å². The third kappa shape index (κ3) is 20.2. The van der Waals surface area contributed by atoms with Crippen molar-refractivity contribution in [1.82, 2.24) is 64.8 Å². The lowest BCUT2D eigenvalue weighted by Crippen LogP contribution is -2.47. The number of nitrogens with zero attached hydrogens (tertiary/aromatic N) is 22. The van der Waals surface area contributed by atoms with Crippen LogP contribution in [0, 0.1) is 23.3 Å². The summed E-state index contributed by atoms with van der Waals surface area (Å²) in [7, 11) is 13.7. The van der Waals surface area contributed by atoms with Gasteiger partial charge < -0.3 is 83.5 Å². The summed E-state index contributed by atoms with van der Waals surface area (Å²) >= 11 is 0. The average Bonchev–Trinajstić information content (AvgIpc) is 1.52. The van der Waals surface area contributed by atoms with E-state index in [2.05, 4.69) is 89.3 Å². The molecule has 0 atom stereocenters. The molecule has 0 amide bonds. The molecular weight excluding hydrogens is 1770 g/mol. The molecule has 12 aromatic rings. The van der Waals surface area contributed by atoms with Crippen molar-refractivity contribution in [2.45, 2.75) is 130 Å². The summed E-state index contributed by atoms with van der Waals surface area (Å²) in [6.07, 6.45) is 16.2. The van der Waals surface area contributed by atoms with Gasteiger partial charge in [0.1, 0.15) is 57.4 Å². The monoisotopic (exact) mass is 1880 g/mol. The van der Waals surface area contributed by atoms with E-state index in [1.165, 1.54) is 30.6 Å². The minimum Gasteiger partial charge on any atom is -0.495 e. The molecule has 8 aromatic heterocycles. The lowest BCUT2D eigenvalue weighted by Gasteiger charge is -2.37. The summed E-state index contributed by atoms with van der Waals surface area (Å²) in [4.78, 5) is 75.1. The lowest BCUT2D eigenvalue weighted by molar-refractivity contribution is 0.300. The first-order chi connectivity index (χ1) is 65.7. The molecule has 136 heavy (non-hydrogen) atoms. The first kappa shape index (κ1) is 95.2. The van der Waals surface area contributed by atoms with Gasteiger partial charge in [0.25, 0.3) is 0 Å². The Kier molecular flexibility index (Phi) is 28.3. The van der Waals surface area contributed by atoms with Crippen LogP contribution in [0.2, 0.25) is 0 Å². The maximum Gasteiger partial charge on any atom is 0.216 e. The number of aliphatic hydroxyl groups excluding tert-OH is 4. The number of hydrogen-bond donors (Lipinski definition) is 4. The normalized spacial score (nSPS) is 17.6. The number of aliphatic hydroxyl groups is 4. The third-order valence-electron chi connectivity index (χ3n) is 27.1. The van der Waals surface area contributed by atoms with E-state index in [1.54, 1.807) is 101 Å². The summed E-state index contributed by atoms with van der Waals surface area (Å²) in [5.74, 6) is 4.69. The Morgan fingerprint density at radius 1 is 0.346 bits per heavy atom. The van der Waals surface area contributed by atoms with Gasteiger partial charge >= 0.3 is 0 Å². The molecule has 12 heterocycles. The molecule has 720 valence electrons. The minimum atomic E-state index is -1.58. The molecule has 4 saturated carbocycles. The van der Waals surface area contributed by atoms with E-state index in [1.807, 2.05) is 60.7 Å². The van der Waals surface area contributed by atoms with Gasteiger partial charge in [0.05, 0.1) is 72.5 Å². The maximum atomic E-state index is 15.2. The zero-order valence-corrected chi connectivity index (χ0v) is 77.6. The van der Waals surface area contributed by atoms with Crippen molar-refractivity contribution >= 4 is 95.5 Å². The fraction of sp³-hybridized carbons (Fsp3) is 0.480. The fourth-order valence-electron chi connectivity index (χ4n) is 18.3. The highest BCUT2D eigenvalue weighted by atomic mass is 19.2. The van der Waals surface area contributed by atoms with Gasteiger partial charge in [-0.05, 0) is 175 Å². The Hall–Kier alpha value is -12.6. The predicted octanol–water partition coefficient (Wildman–Crippen LogP) is 14.1. The number of likely N-dealkylation sites (N-methyl/N-ethyl adjacent to an activating group) is 4. The minimum absolute atomic E-state index is 0.0475. The molecule has 0 radical (unpaired) electrons. The van der Waals surface area contributed by atoms with E-state index in [0.717, 1.165) is 67.0 Å². The molecular formula is C98H114F8N22O8. The largest absolute Gasteiger partial charge is 0.495 e. The van der Waals surface area contributed by atoms with Gasteiger partial charge in [-0.2, -0.15) is 0 Å². The second kappa shape index (κ2) is 40.4. The molecule has 0 unspecified atom stereocenters. The van der Waals surface area contributed by atoms with Crippen molar-refractivity contribution in [2.75, 3.05) is 219 Å². The highest BCUT2D eigenvalue weighted by Gasteiger charge is 2.52. The van der Waals surface area contributed by atoms with E-state index in [9.17, 15) is 38.0 Å². The van der Waals surface area contributed by atoms with Crippen LogP contribution in [0.4, 0.5) is 87.0 Å². The number of piperazine rings is 1. The zero-order chi connectivity index (χ0) is 95.5. The van der Waals surface area contributed by atoms with Crippen molar-refractivity contribution in [3.8, 4) is 23.1 Å². The number of ether oxygens (including phenoxy) is 4. The average molecular weight is 1880 g/mol. The van der Waals surface area contributed by atoms with E-state index in [4.69, 9.17) is 18.9 Å². The van der Waals surface area contributed by atoms with E-state index in [0.29, 0.717) is 228 Å². The molecule has 4 aromatic carbocycles. The Labute approximate surface area is 782 Å². The van der Waals surface area contributed by atoms with Crippen LogP contribution in [-0.4, -0.2) is 260 Å². The number of aromatic nitrogens is 13. The van der Waals surface area contributed by atoms with Gasteiger partial charge in [-0.1, -0.05) is 6.07 Å². The van der Waals surface area contributed by atoms with Crippen LogP contribution in [-0.2, 0) is 22.7 Å². The van der Waals surface area contributed by atoms with Crippen molar-refractivity contribution < 1.29 is 74.5 Å². The predicted molar refractivity (Wildman–Crippen MR) is 505 cm³/mol. The van der Waals surface area contributed by atoms with Crippen LogP contribution in [0.3, 0.4) is 0 Å². The number of piperidine rings is 3. The Balaban J connectivity index is 0.000000126. The van der Waals surface area contributed by atoms with Gasteiger partial charge in [0.2, 0.25) is 5.88 Å². The molecule has 4 aliphatic heterocycles. The molecule has 0 spiro atoms. The number of methoxy groups -OCH3 is 4. The second-order valence-corrected chi connectivity index (χ2v) is 36.2. The van der Waals surface area contributed by atoms with Crippen molar-refractivity contribution in [1.29, 1.82) is 0 Å². The number of anilines is 9. The van der Waals surface area contributed by atoms with Crippen LogP contribution in [0.15, 0.2) is 116 Å². The molecule has 30 nitrogen and oxygen atoms in total. The summed E-state index contributed by atoms with van der Waals surface area (Å²) < 4.78 is 143. The van der Waals surface area contributed by atoms with Crippen LogP contribution >= 0.6 is 0 Å². The molecule has 4 N–H and O–H groups in total. The lowest BCUT2D eigenvalue weighted by atomic mass is 9.90. The first-order valence-electron chi connectivity index (χ1n) is 46.4. The van der Waals surface area contributed by atoms with Gasteiger partial charge in [-0.25, -0.2) is 94.9 Å². The first-order valence-corrected chi connectivity index (χ1v) is 46.4. The fourth-order valence-corrected chi connectivity index (χ4v) is 18.3. The quantitative estimate of drug-likeness (QED) is 0.0331. The van der Waals surface area contributed by atoms with E-state index in [-0.39, 0.29) is 89.5 Å². The van der Waals surface area contributed by atoms with Gasteiger partial charge in [0.15, 0.2) is 86.6 Å². The van der Waals surface area contributed by atoms with Crippen LogP contribution in [0.25, 0.3) is 43.6 Å². The maximum absolute atomic E-state index is 15.2. The van der Waals surface area contributed by atoms with E-state index < -0.39 is 45.9 Å². The van der Waals surface area contributed by atoms with Crippen molar-refractivity contribution in [3.05, 3.63) is 180 Å². The second-order valence-electron chi connectivity index (χ2n) is 36.2.